The van der Waals surface area contributed by atoms with Crippen molar-refractivity contribution in [3.05, 3.63) is 29.3 Å². The second-order valence-corrected chi connectivity index (χ2v) is 6.57. The zero-order valence-corrected chi connectivity index (χ0v) is 11.9. The third kappa shape index (κ3) is 3.78. The van der Waals surface area contributed by atoms with Crippen LogP contribution in [-0.2, 0) is 9.84 Å². The maximum Gasteiger partial charge on any atom is 0.346 e. The number of sulfone groups is 1. The predicted molar refractivity (Wildman–Crippen MR) is 72.2 cm³/mol. The van der Waals surface area contributed by atoms with E-state index in [1.165, 1.54) is 6.07 Å². The number of nitrogens with two attached hydrogens (primary N) is 2. The SMILES string of the molecule is CC(C)c1ccc(C(=O)NC(N)=[NH2+])cc1S(C)(=O)=O. The molecule has 0 saturated carbocycles. The van der Waals surface area contributed by atoms with Crippen molar-refractivity contribution in [1.82, 2.24) is 5.32 Å². The lowest BCUT2D eigenvalue weighted by Gasteiger charge is -2.12. The van der Waals surface area contributed by atoms with Crippen molar-refractivity contribution in [1.29, 1.82) is 0 Å². The zero-order chi connectivity index (χ0) is 14.8. The van der Waals surface area contributed by atoms with Gasteiger partial charge in [0.15, 0.2) is 9.84 Å². The highest BCUT2D eigenvalue weighted by atomic mass is 32.2. The first-order valence-electron chi connectivity index (χ1n) is 5.66. The Hall–Kier alpha value is -1.89. The maximum absolute atomic E-state index is 11.8. The van der Waals surface area contributed by atoms with E-state index in [1.54, 1.807) is 12.1 Å². The molecule has 5 N–H and O–H groups in total. The summed E-state index contributed by atoms with van der Waals surface area (Å²) in [7, 11) is -3.41. The fourth-order valence-corrected chi connectivity index (χ4v) is 2.75. The number of carbonyl (C=O) groups excluding carboxylic acids is 1. The number of carbonyl (C=O) groups is 1. The Kier molecular flexibility index (Phi) is 4.31. The Bertz CT molecular complexity index is 621. The second-order valence-electron chi connectivity index (χ2n) is 4.59. The molecule has 1 amide bonds. The van der Waals surface area contributed by atoms with Crippen molar-refractivity contribution in [3.8, 4) is 0 Å². The fourth-order valence-electron chi connectivity index (χ4n) is 1.68. The zero-order valence-electron chi connectivity index (χ0n) is 11.1. The molecule has 0 radical (unpaired) electrons. The molecular weight excluding hydrogens is 266 g/mol. The van der Waals surface area contributed by atoms with Crippen LogP contribution in [0, 0.1) is 0 Å². The number of rotatable bonds is 3. The summed E-state index contributed by atoms with van der Waals surface area (Å²) in [5.74, 6) is -0.743. The van der Waals surface area contributed by atoms with Crippen LogP contribution in [-0.4, -0.2) is 26.5 Å². The monoisotopic (exact) mass is 284 g/mol. The van der Waals surface area contributed by atoms with Crippen LogP contribution >= 0.6 is 0 Å². The largest absolute Gasteiger partial charge is 0.346 e. The summed E-state index contributed by atoms with van der Waals surface area (Å²) < 4.78 is 23.5. The first-order valence-corrected chi connectivity index (χ1v) is 7.55. The molecule has 0 heterocycles. The van der Waals surface area contributed by atoms with Crippen molar-refractivity contribution in [2.45, 2.75) is 24.7 Å². The molecule has 0 atom stereocenters. The molecule has 0 aromatic heterocycles. The van der Waals surface area contributed by atoms with Gasteiger partial charge >= 0.3 is 11.9 Å². The van der Waals surface area contributed by atoms with Crippen LogP contribution in [0.4, 0.5) is 0 Å². The molecule has 1 rings (SSSR count). The summed E-state index contributed by atoms with van der Waals surface area (Å²) in [5, 5.41) is 7.40. The molecule has 0 fully saturated rings. The van der Waals surface area contributed by atoms with Crippen LogP contribution in [0.5, 0.6) is 0 Å². The van der Waals surface area contributed by atoms with E-state index in [9.17, 15) is 13.2 Å². The number of amides is 1. The molecule has 0 spiro atoms. The summed E-state index contributed by atoms with van der Waals surface area (Å²) in [6.45, 7) is 3.77. The van der Waals surface area contributed by atoms with Crippen LogP contribution in [0.25, 0.3) is 0 Å². The lowest BCUT2D eigenvalue weighted by atomic mass is 10.0. The molecule has 7 heteroatoms. The minimum Gasteiger partial charge on any atom is -0.291 e. The quantitative estimate of drug-likeness (QED) is 0.488. The van der Waals surface area contributed by atoms with Gasteiger partial charge in [0.2, 0.25) is 0 Å². The molecule has 6 nitrogen and oxygen atoms in total. The van der Waals surface area contributed by atoms with Gasteiger partial charge in [-0.15, -0.1) is 0 Å². The van der Waals surface area contributed by atoms with Gasteiger partial charge in [-0.25, -0.2) is 13.7 Å². The van der Waals surface area contributed by atoms with Crippen LogP contribution in [0.15, 0.2) is 23.1 Å². The third-order valence-electron chi connectivity index (χ3n) is 2.56. The molecule has 1 aromatic carbocycles. The van der Waals surface area contributed by atoms with Gasteiger partial charge in [-0.1, -0.05) is 19.9 Å². The van der Waals surface area contributed by atoms with Gasteiger partial charge in [0.1, 0.15) is 0 Å². The number of hydrogen-bond donors (Lipinski definition) is 3. The van der Waals surface area contributed by atoms with Gasteiger partial charge in [0.05, 0.1) is 10.5 Å². The fraction of sp³-hybridized carbons (Fsp3) is 0.333. The second kappa shape index (κ2) is 5.40. The number of hydrogen-bond acceptors (Lipinski definition) is 3. The minimum absolute atomic E-state index is 0.0352. The topological polar surface area (TPSA) is 115 Å². The lowest BCUT2D eigenvalue weighted by Crippen LogP contribution is -2.56. The highest BCUT2D eigenvalue weighted by molar-refractivity contribution is 7.90. The molecular formula is C12H18N3O3S+. The highest BCUT2D eigenvalue weighted by Gasteiger charge is 2.19. The van der Waals surface area contributed by atoms with Crippen molar-refractivity contribution in [3.63, 3.8) is 0 Å². The molecule has 19 heavy (non-hydrogen) atoms. The number of guanidine groups is 1. The van der Waals surface area contributed by atoms with E-state index in [4.69, 9.17) is 11.1 Å². The van der Waals surface area contributed by atoms with Gasteiger partial charge in [-0.3, -0.25) is 15.9 Å². The third-order valence-corrected chi connectivity index (χ3v) is 3.71. The first-order chi connectivity index (χ1) is 8.62. The average Bonchev–Trinajstić information content (AvgIpc) is 2.25. The summed E-state index contributed by atoms with van der Waals surface area (Å²) in [6, 6.07) is 4.51. The van der Waals surface area contributed by atoms with E-state index in [2.05, 4.69) is 5.32 Å². The molecule has 0 saturated heterocycles. The van der Waals surface area contributed by atoms with Gasteiger partial charge in [0, 0.05) is 6.26 Å². The van der Waals surface area contributed by atoms with Gasteiger partial charge in [0.25, 0.3) is 0 Å². The maximum atomic E-state index is 11.8. The Labute approximate surface area is 112 Å². The molecule has 0 unspecified atom stereocenters. The molecule has 0 aliphatic carbocycles. The number of nitrogens with one attached hydrogen (secondary N) is 1. The standard InChI is InChI=1S/C12H17N3O3S/c1-7(2)9-5-4-8(11(16)15-12(13)14)6-10(9)19(3,17)18/h4-7H,1-3H3,(H4,13,14,15,16)/p+1. The van der Waals surface area contributed by atoms with Crippen LogP contribution in [0.3, 0.4) is 0 Å². The Balaban J connectivity index is 3.35. The predicted octanol–water partition coefficient (Wildman–Crippen LogP) is -0.983. The summed E-state index contributed by atoms with van der Waals surface area (Å²) in [6.07, 6.45) is 1.11. The Morgan fingerprint density at radius 3 is 2.37 bits per heavy atom. The average molecular weight is 284 g/mol. The molecule has 0 bridgehead atoms. The van der Waals surface area contributed by atoms with Crippen LogP contribution in [0.1, 0.15) is 35.7 Å². The summed E-state index contributed by atoms with van der Waals surface area (Å²) in [5.41, 5.74) is 6.04. The lowest BCUT2D eigenvalue weighted by molar-refractivity contribution is -0.119. The normalized spacial score (nSPS) is 11.4. The van der Waals surface area contributed by atoms with Gasteiger partial charge < -0.3 is 0 Å². The molecule has 0 aliphatic heterocycles. The smallest absolute Gasteiger partial charge is 0.291 e. The van der Waals surface area contributed by atoms with E-state index in [0.717, 1.165) is 6.26 Å². The first kappa shape index (κ1) is 15.2. The summed E-state index contributed by atoms with van der Waals surface area (Å²) >= 11 is 0. The van der Waals surface area contributed by atoms with E-state index in [1.807, 2.05) is 13.8 Å². The highest BCUT2D eigenvalue weighted by Crippen LogP contribution is 2.24. The van der Waals surface area contributed by atoms with Crippen molar-refractivity contribution >= 4 is 21.7 Å². The Morgan fingerprint density at radius 1 is 1.37 bits per heavy atom. The molecule has 1 aromatic rings. The van der Waals surface area contributed by atoms with E-state index in [-0.39, 0.29) is 22.3 Å². The van der Waals surface area contributed by atoms with Crippen LogP contribution < -0.4 is 16.5 Å². The van der Waals surface area contributed by atoms with Gasteiger partial charge in [-0.2, -0.15) is 0 Å². The van der Waals surface area contributed by atoms with Gasteiger partial charge in [-0.05, 0) is 23.6 Å². The Morgan fingerprint density at radius 2 is 1.95 bits per heavy atom. The van der Waals surface area contributed by atoms with Crippen molar-refractivity contribution < 1.29 is 18.6 Å². The van der Waals surface area contributed by atoms with Crippen molar-refractivity contribution in [2.24, 2.45) is 5.73 Å². The summed E-state index contributed by atoms with van der Waals surface area (Å²) in [4.78, 5) is 11.9. The number of benzene rings is 1. The molecule has 0 aliphatic rings. The van der Waals surface area contributed by atoms with E-state index >= 15 is 0 Å². The van der Waals surface area contributed by atoms with E-state index in [0.29, 0.717) is 5.56 Å². The van der Waals surface area contributed by atoms with Crippen molar-refractivity contribution in [2.75, 3.05) is 6.26 Å². The minimum atomic E-state index is -3.41. The van der Waals surface area contributed by atoms with Crippen LogP contribution in [0.2, 0.25) is 0 Å². The van der Waals surface area contributed by atoms with E-state index < -0.39 is 15.7 Å². The molecule has 104 valence electrons.